The van der Waals surface area contributed by atoms with E-state index in [-0.39, 0.29) is 0 Å². The highest BCUT2D eigenvalue weighted by molar-refractivity contribution is 5.21. The Labute approximate surface area is 99.3 Å². The smallest absolute Gasteiger partial charge is 0.00146 e. The fraction of sp³-hybridized carbons (Fsp3) is 0.600. The first-order valence-electron chi connectivity index (χ1n) is 6.53. The molecule has 16 heavy (non-hydrogen) atoms. The van der Waals surface area contributed by atoms with Crippen LogP contribution >= 0.6 is 0 Å². The normalized spacial score (nSPS) is 25.9. The van der Waals surface area contributed by atoms with Gasteiger partial charge in [0.1, 0.15) is 0 Å². The molecule has 1 aromatic carbocycles. The summed E-state index contributed by atoms with van der Waals surface area (Å²) in [6.07, 6.45) is 2.63. The third-order valence-corrected chi connectivity index (χ3v) is 3.61. The minimum atomic E-state index is 0.768. The van der Waals surface area contributed by atoms with E-state index in [0.29, 0.717) is 0 Å². The van der Waals surface area contributed by atoms with E-state index in [9.17, 15) is 0 Å². The topological polar surface area (TPSA) is 12.0 Å². The van der Waals surface area contributed by atoms with Crippen LogP contribution in [0, 0.1) is 11.8 Å². The molecule has 1 N–H and O–H groups in total. The highest BCUT2D eigenvalue weighted by Crippen LogP contribution is 2.33. The molecule has 2 rings (SSSR count). The van der Waals surface area contributed by atoms with E-state index in [1.807, 2.05) is 0 Å². The van der Waals surface area contributed by atoms with Crippen molar-refractivity contribution in [1.29, 1.82) is 0 Å². The maximum absolute atomic E-state index is 3.54. The lowest BCUT2D eigenvalue weighted by atomic mass is 9.77. The summed E-state index contributed by atoms with van der Waals surface area (Å²) in [6.45, 7) is 7.03. The molecule has 1 nitrogen and oxygen atoms in total. The number of rotatable bonds is 3. The van der Waals surface area contributed by atoms with Crippen molar-refractivity contribution >= 4 is 0 Å². The van der Waals surface area contributed by atoms with Gasteiger partial charge in [0.25, 0.3) is 0 Å². The van der Waals surface area contributed by atoms with Crippen LogP contribution in [0.5, 0.6) is 0 Å². The average molecular weight is 217 g/mol. The molecule has 1 saturated heterocycles. The lowest BCUT2D eigenvalue weighted by Crippen LogP contribution is -2.36. The summed E-state index contributed by atoms with van der Waals surface area (Å²) in [6, 6.07) is 11.0. The molecule has 0 radical (unpaired) electrons. The molecule has 1 aliphatic rings. The van der Waals surface area contributed by atoms with Crippen LogP contribution in [0.15, 0.2) is 30.3 Å². The molecule has 1 aromatic rings. The Morgan fingerprint density at radius 2 is 2.00 bits per heavy atom. The zero-order valence-electron chi connectivity index (χ0n) is 10.4. The average Bonchev–Trinajstić information content (AvgIpc) is 2.30. The molecule has 0 amide bonds. The molecule has 0 spiro atoms. The van der Waals surface area contributed by atoms with Gasteiger partial charge in [-0.05, 0) is 49.2 Å². The SMILES string of the molecule is CC(C)C[C@H]1CNCC[C@@H]1c1ccccc1. The van der Waals surface area contributed by atoms with Gasteiger partial charge in [-0.1, -0.05) is 44.2 Å². The fourth-order valence-corrected chi connectivity index (χ4v) is 2.92. The molecule has 1 heteroatoms. The minimum Gasteiger partial charge on any atom is -0.316 e. The van der Waals surface area contributed by atoms with Crippen molar-refractivity contribution in [3.63, 3.8) is 0 Å². The monoisotopic (exact) mass is 217 g/mol. The molecular weight excluding hydrogens is 194 g/mol. The van der Waals surface area contributed by atoms with Crippen LogP contribution in [0.3, 0.4) is 0 Å². The van der Waals surface area contributed by atoms with Crippen LogP contribution in [0.2, 0.25) is 0 Å². The van der Waals surface area contributed by atoms with Crippen molar-refractivity contribution in [3.8, 4) is 0 Å². The Morgan fingerprint density at radius 1 is 1.25 bits per heavy atom. The van der Waals surface area contributed by atoms with Gasteiger partial charge in [0, 0.05) is 0 Å². The summed E-state index contributed by atoms with van der Waals surface area (Å²) < 4.78 is 0. The van der Waals surface area contributed by atoms with Gasteiger partial charge in [0.05, 0.1) is 0 Å². The first-order valence-corrected chi connectivity index (χ1v) is 6.53. The maximum Gasteiger partial charge on any atom is -0.00146 e. The van der Waals surface area contributed by atoms with Gasteiger partial charge < -0.3 is 5.32 Å². The number of hydrogen-bond donors (Lipinski definition) is 1. The van der Waals surface area contributed by atoms with Crippen molar-refractivity contribution in [2.75, 3.05) is 13.1 Å². The zero-order valence-corrected chi connectivity index (χ0v) is 10.4. The second kappa shape index (κ2) is 5.49. The molecule has 2 atom stereocenters. The second-order valence-corrected chi connectivity index (χ2v) is 5.40. The molecule has 1 aliphatic heterocycles. The second-order valence-electron chi connectivity index (χ2n) is 5.40. The van der Waals surface area contributed by atoms with Crippen LogP contribution in [-0.2, 0) is 0 Å². The van der Waals surface area contributed by atoms with E-state index >= 15 is 0 Å². The van der Waals surface area contributed by atoms with E-state index in [1.54, 1.807) is 0 Å². The van der Waals surface area contributed by atoms with Gasteiger partial charge in [-0.25, -0.2) is 0 Å². The van der Waals surface area contributed by atoms with Gasteiger partial charge >= 0.3 is 0 Å². The number of piperidine rings is 1. The van der Waals surface area contributed by atoms with Gasteiger partial charge in [0.2, 0.25) is 0 Å². The van der Waals surface area contributed by atoms with E-state index in [4.69, 9.17) is 0 Å². The lowest BCUT2D eigenvalue weighted by molar-refractivity contribution is 0.280. The summed E-state index contributed by atoms with van der Waals surface area (Å²) in [5, 5.41) is 3.54. The predicted octanol–water partition coefficient (Wildman–Crippen LogP) is 3.43. The van der Waals surface area contributed by atoms with Gasteiger partial charge in [-0.3, -0.25) is 0 Å². The van der Waals surface area contributed by atoms with Crippen molar-refractivity contribution in [3.05, 3.63) is 35.9 Å². The summed E-state index contributed by atoms with van der Waals surface area (Å²) >= 11 is 0. The molecule has 1 heterocycles. The molecule has 0 unspecified atom stereocenters. The molecule has 0 aromatic heterocycles. The first-order chi connectivity index (χ1) is 7.77. The van der Waals surface area contributed by atoms with Crippen molar-refractivity contribution < 1.29 is 0 Å². The van der Waals surface area contributed by atoms with E-state index < -0.39 is 0 Å². The first kappa shape index (κ1) is 11.7. The van der Waals surface area contributed by atoms with Gasteiger partial charge in [0.15, 0.2) is 0 Å². The summed E-state index contributed by atoms with van der Waals surface area (Å²) in [7, 11) is 0. The summed E-state index contributed by atoms with van der Waals surface area (Å²) in [5.41, 5.74) is 1.54. The van der Waals surface area contributed by atoms with E-state index in [1.165, 1.54) is 31.5 Å². The molecule has 88 valence electrons. The quantitative estimate of drug-likeness (QED) is 0.818. The molecule has 0 saturated carbocycles. The Kier molecular flexibility index (Phi) is 4.00. The van der Waals surface area contributed by atoms with Gasteiger partial charge in [-0.2, -0.15) is 0 Å². The van der Waals surface area contributed by atoms with Crippen molar-refractivity contribution in [2.45, 2.75) is 32.6 Å². The van der Waals surface area contributed by atoms with E-state index in [2.05, 4.69) is 49.5 Å². The third kappa shape index (κ3) is 2.85. The number of hydrogen-bond acceptors (Lipinski definition) is 1. The fourth-order valence-electron chi connectivity index (χ4n) is 2.92. The molecule has 0 bridgehead atoms. The maximum atomic E-state index is 3.54. The lowest BCUT2D eigenvalue weighted by Gasteiger charge is -2.33. The highest BCUT2D eigenvalue weighted by Gasteiger charge is 2.26. The molecular formula is C15H23N. The van der Waals surface area contributed by atoms with Crippen LogP contribution in [0.1, 0.15) is 38.2 Å². The Hall–Kier alpha value is -0.820. The Morgan fingerprint density at radius 3 is 2.69 bits per heavy atom. The van der Waals surface area contributed by atoms with E-state index in [0.717, 1.165) is 17.8 Å². The van der Waals surface area contributed by atoms with Crippen LogP contribution in [0.25, 0.3) is 0 Å². The highest BCUT2D eigenvalue weighted by atomic mass is 14.9. The Balaban J connectivity index is 2.10. The minimum absolute atomic E-state index is 0.768. The molecule has 0 aliphatic carbocycles. The number of nitrogens with one attached hydrogen (secondary N) is 1. The van der Waals surface area contributed by atoms with Crippen LogP contribution in [-0.4, -0.2) is 13.1 Å². The largest absolute Gasteiger partial charge is 0.316 e. The third-order valence-electron chi connectivity index (χ3n) is 3.61. The van der Waals surface area contributed by atoms with Crippen molar-refractivity contribution in [2.24, 2.45) is 11.8 Å². The summed E-state index contributed by atoms with van der Waals surface area (Å²) in [4.78, 5) is 0. The summed E-state index contributed by atoms with van der Waals surface area (Å²) in [5.74, 6) is 2.39. The van der Waals surface area contributed by atoms with Gasteiger partial charge in [-0.15, -0.1) is 0 Å². The zero-order chi connectivity index (χ0) is 11.4. The standard InChI is InChI=1S/C15H23N/c1-12(2)10-14-11-16-9-8-15(14)13-6-4-3-5-7-13/h3-7,12,14-16H,8-11H2,1-2H3/t14-,15+/m0/s1. The van der Waals surface area contributed by atoms with Crippen LogP contribution < -0.4 is 5.32 Å². The number of benzene rings is 1. The van der Waals surface area contributed by atoms with Crippen molar-refractivity contribution in [1.82, 2.24) is 5.32 Å². The van der Waals surface area contributed by atoms with Crippen LogP contribution in [0.4, 0.5) is 0 Å². The predicted molar refractivity (Wildman–Crippen MR) is 69.6 cm³/mol. The Bertz CT molecular complexity index is 304. The molecule has 1 fully saturated rings.